The van der Waals surface area contributed by atoms with Crippen LogP contribution in [0.3, 0.4) is 0 Å². The predicted molar refractivity (Wildman–Crippen MR) is 69.1 cm³/mol. The van der Waals surface area contributed by atoms with Crippen molar-refractivity contribution in [3.8, 4) is 0 Å². The number of halogens is 1. The minimum absolute atomic E-state index is 0.641. The number of hydrogen-bond acceptors (Lipinski definition) is 4. The fraction of sp³-hybridized carbons (Fsp3) is 0.727. The van der Waals surface area contributed by atoms with Gasteiger partial charge >= 0.3 is 0 Å². The molecule has 0 aromatic carbocycles. The van der Waals surface area contributed by atoms with Crippen molar-refractivity contribution in [1.29, 1.82) is 0 Å². The third kappa shape index (κ3) is 3.70. The summed E-state index contributed by atoms with van der Waals surface area (Å²) in [4.78, 5) is 7.67. The molecule has 2 rings (SSSR count). The van der Waals surface area contributed by atoms with Gasteiger partial charge in [0.05, 0.1) is 0 Å². The van der Waals surface area contributed by atoms with Crippen LogP contribution in [0.2, 0.25) is 4.47 Å². The number of nitrogens with one attached hydrogen (secondary N) is 1. The predicted octanol–water partition coefficient (Wildman–Crippen LogP) is 2.23. The highest BCUT2D eigenvalue weighted by Crippen LogP contribution is 2.20. The Kier molecular flexibility index (Phi) is 4.58. The molecule has 1 N–H and O–H groups in total. The van der Waals surface area contributed by atoms with Gasteiger partial charge in [0.25, 0.3) is 0 Å². The molecule has 0 radical (unpaired) electrons. The fourth-order valence-corrected chi connectivity index (χ4v) is 3.27. The average molecular weight is 260 g/mol. The minimum Gasteiger partial charge on any atom is -0.316 e. The molecule has 1 aromatic heterocycles. The van der Waals surface area contributed by atoms with Crippen LogP contribution in [0.25, 0.3) is 0 Å². The van der Waals surface area contributed by atoms with Crippen LogP contribution in [0.1, 0.15) is 17.7 Å². The maximum Gasteiger partial charge on any atom is 0.183 e. The molecule has 0 unspecified atom stereocenters. The van der Waals surface area contributed by atoms with E-state index in [4.69, 9.17) is 11.6 Å². The van der Waals surface area contributed by atoms with Crippen LogP contribution in [-0.4, -0.2) is 36.6 Å². The molecule has 0 spiro atoms. The van der Waals surface area contributed by atoms with Crippen molar-refractivity contribution >= 4 is 22.9 Å². The number of aromatic nitrogens is 1. The molecule has 1 atom stereocenters. The number of hydrogen-bond donors (Lipinski definition) is 1. The van der Waals surface area contributed by atoms with E-state index in [9.17, 15) is 0 Å². The highest BCUT2D eigenvalue weighted by molar-refractivity contribution is 7.15. The maximum atomic E-state index is 5.81. The van der Waals surface area contributed by atoms with Gasteiger partial charge in [0.2, 0.25) is 0 Å². The van der Waals surface area contributed by atoms with E-state index < -0.39 is 0 Å². The first-order valence-electron chi connectivity index (χ1n) is 5.73. The van der Waals surface area contributed by atoms with Gasteiger partial charge in [-0.3, -0.25) is 0 Å². The lowest BCUT2D eigenvalue weighted by Gasteiger charge is -2.27. The third-order valence-corrected chi connectivity index (χ3v) is 4.02. The summed E-state index contributed by atoms with van der Waals surface area (Å²) in [5, 5.41) is 3.45. The SMILES string of the molecule is CN(Cc1cnc(Cl)s1)C[C@@H]1CCCNC1. The van der Waals surface area contributed by atoms with Gasteiger partial charge in [-0.15, -0.1) is 11.3 Å². The quantitative estimate of drug-likeness (QED) is 0.899. The molecule has 2 heterocycles. The largest absolute Gasteiger partial charge is 0.316 e. The molecule has 16 heavy (non-hydrogen) atoms. The molecule has 1 aliphatic rings. The molecule has 0 aliphatic carbocycles. The van der Waals surface area contributed by atoms with Gasteiger partial charge in [-0.1, -0.05) is 11.6 Å². The zero-order valence-corrected chi connectivity index (χ0v) is 11.2. The summed E-state index contributed by atoms with van der Waals surface area (Å²) in [6, 6.07) is 0. The van der Waals surface area contributed by atoms with Crippen molar-refractivity contribution in [2.75, 3.05) is 26.7 Å². The number of piperidine rings is 1. The highest BCUT2D eigenvalue weighted by atomic mass is 35.5. The van der Waals surface area contributed by atoms with Crippen molar-refractivity contribution in [3.05, 3.63) is 15.5 Å². The molecule has 1 fully saturated rings. The van der Waals surface area contributed by atoms with Crippen molar-refractivity contribution in [1.82, 2.24) is 15.2 Å². The lowest BCUT2D eigenvalue weighted by atomic mass is 9.99. The van der Waals surface area contributed by atoms with Gasteiger partial charge < -0.3 is 10.2 Å². The summed E-state index contributed by atoms with van der Waals surface area (Å²) in [6.45, 7) is 4.46. The van der Waals surface area contributed by atoms with Crippen LogP contribution in [-0.2, 0) is 6.54 Å². The van der Waals surface area contributed by atoms with Crippen LogP contribution < -0.4 is 5.32 Å². The van der Waals surface area contributed by atoms with Crippen LogP contribution in [0.5, 0.6) is 0 Å². The Morgan fingerprint density at radius 3 is 3.19 bits per heavy atom. The molecule has 0 saturated carbocycles. The summed E-state index contributed by atoms with van der Waals surface area (Å²) in [6.07, 6.45) is 4.54. The Bertz CT molecular complexity index is 323. The lowest BCUT2D eigenvalue weighted by molar-refractivity contribution is 0.239. The van der Waals surface area contributed by atoms with Crippen molar-refractivity contribution in [2.24, 2.45) is 5.92 Å². The van der Waals surface area contributed by atoms with Crippen LogP contribution in [0.4, 0.5) is 0 Å². The Morgan fingerprint density at radius 1 is 1.69 bits per heavy atom. The maximum absolute atomic E-state index is 5.81. The second kappa shape index (κ2) is 5.96. The molecule has 5 heteroatoms. The standard InChI is InChI=1S/C11H18ClN3S/c1-15(7-9-3-2-4-13-5-9)8-10-6-14-11(12)16-10/h6,9,13H,2-5,7-8H2,1H3/t9-/m1/s1. The number of thiazole rings is 1. The summed E-state index contributed by atoms with van der Waals surface area (Å²) < 4.78 is 0.641. The summed E-state index contributed by atoms with van der Waals surface area (Å²) in [5.74, 6) is 0.794. The molecular formula is C11H18ClN3S. The molecule has 0 bridgehead atoms. The van der Waals surface area contributed by atoms with E-state index in [-0.39, 0.29) is 0 Å². The first kappa shape index (κ1) is 12.3. The fourth-order valence-electron chi connectivity index (χ4n) is 2.21. The van der Waals surface area contributed by atoms with Gasteiger partial charge in [0.15, 0.2) is 4.47 Å². The zero-order chi connectivity index (χ0) is 11.4. The van der Waals surface area contributed by atoms with Crippen molar-refractivity contribution in [3.63, 3.8) is 0 Å². The lowest BCUT2D eigenvalue weighted by Crippen LogP contribution is -2.36. The average Bonchev–Trinajstić information content (AvgIpc) is 2.65. The second-order valence-electron chi connectivity index (χ2n) is 4.49. The second-order valence-corrected chi connectivity index (χ2v) is 6.19. The van der Waals surface area contributed by atoms with E-state index in [2.05, 4.69) is 22.2 Å². The minimum atomic E-state index is 0.641. The Balaban J connectivity index is 1.77. The first-order valence-corrected chi connectivity index (χ1v) is 6.93. The molecule has 0 amide bonds. The first-order chi connectivity index (χ1) is 7.74. The van der Waals surface area contributed by atoms with E-state index in [1.165, 1.54) is 24.3 Å². The third-order valence-electron chi connectivity index (χ3n) is 2.92. The summed E-state index contributed by atoms with van der Waals surface area (Å²) in [5.41, 5.74) is 0. The molecule has 90 valence electrons. The van der Waals surface area contributed by atoms with E-state index in [1.807, 2.05) is 6.20 Å². The van der Waals surface area contributed by atoms with E-state index in [0.29, 0.717) is 4.47 Å². The van der Waals surface area contributed by atoms with Crippen LogP contribution in [0, 0.1) is 5.92 Å². The molecule has 3 nitrogen and oxygen atoms in total. The number of rotatable bonds is 4. The molecule has 1 aliphatic heterocycles. The van der Waals surface area contributed by atoms with Crippen LogP contribution in [0.15, 0.2) is 6.20 Å². The summed E-state index contributed by atoms with van der Waals surface area (Å²) >= 11 is 7.39. The molecular weight excluding hydrogens is 242 g/mol. The van der Waals surface area contributed by atoms with Gasteiger partial charge in [-0.25, -0.2) is 4.98 Å². The van der Waals surface area contributed by atoms with Crippen molar-refractivity contribution < 1.29 is 0 Å². The number of nitrogens with zero attached hydrogens (tertiary/aromatic N) is 2. The Morgan fingerprint density at radius 2 is 2.56 bits per heavy atom. The molecule has 1 aromatic rings. The van der Waals surface area contributed by atoms with Crippen molar-refractivity contribution in [2.45, 2.75) is 19.4 Å². The zero-order valence-electron chi connectivity index (χ0n) is 9.58. The monoisotopic (exact) mass is 259 g/mol. The topological polar surface area (TPSA) is 28.2 Å². The van der Waals surface area contributed by atoms with Gasteiger partial charge in [0.1, 0.15) is 0 Å². The molecule has 1 saturated heterocycles. The normalized spacial score (nSPS) is 21.6. The smallest absolute Gasteiger partial charge is 0.183 e. The van der Waals surface area contributed by atoms with Gasteiger partial charge in [0, 0.05) is 24.2 Å². The van der Waals surface area contributed by atoms with Crippen LogP contribution >= 0.6 is 22.9 Å². The Hall–Kier alpha value is -0.160. The van der Waals surface area contributed by atoms with Gasteiger partial charge in [-0.2, -0.15) is 0 Å². The summed E-state index contributed by atoms with van der Waals surface area (Å²) in [7, 11) is 2.17. The van der Waals surface area contributed by atoms with E-state index in [0.717, 1.165) is 25.6 Å². The van der Waals surface area contributed by atoms with Gasteiger partial charge in [-0.05, 0) is 38.9 Å². The van der Waals surface area contributed by atoms with E-state index >= 15 is 0 Å². The highest BCUT2D eigenvalue weighted by Gasteiger charge is 2.15. The Labute approximate surface area is 106 Å². The van der Waals surface area contributed by atoms with E-state index in [1.54, 1.807) is 11.3 Å².